The summed E-state index contributed by atoms with van der Waals surface area (Å²) < 4.78 is 1.12. The van der Waals surface area contributed by atoms with Crippen molar-refractivity contribution >= 4 is 50.2 Å². The van der Waals surface area contributed by atoms with E-state index in [9.17, 15) is 4.79 Å². The van der Waals surface area contributed by atoms with Gasteiger partial charge in [0.15, 0.2) is 0 Å². The second kappa shape index (κ2) is 5.10. The number of fused-ring (bicyclic) bond motifs is 1. The van der Waals surface area contributed by atoms with Gasteiger partial charge in [-0.1, -0.05) is 0 Å². The van der Waals surface area contributed by atoms with Crippen LogP contribution in [-0.2, 0) is 17.8 Å². The molecule has 104 valence electrons. The van der Waals surface area contributed by atoms with Crippen molar-refractivity contribution in [3.05, 3.63) is 38.5 Å². The summed E-state index contributed by atoms with van der Waals surface area (Å²) in [5, 5.41) is 4.98. The molecular formula is C14H14BrN3OS. The quantitative estimate of drug-likeness (QED) is 0.834. The Morgan fingerprint density at radius 3 is 2.95 bits per heavy atom. The molecule has 0 spiro atoms. The molecule has 0 atom stereocenters. The Labute approximate surface area is 129 Å². The van der Waals surface area contributed by atoms with Crippen LogP contribution < -0.4 is 16.0 Å². The van der Waals surface area contributed by atoms with Crippen molar-refractivity contribution in [2.24, 2.45) is 0 Å². The number of carbonyl (C=O) groups excluding carboxylic acids is 1. The molecule has 0 saturated carbocycles. The zero-order valence-electron chi connectivity index (χ0n) is 10.9. The van der Waals surface area contributed by atoms with Crippen molar-refractivity contribution in [1.82, 2.24) is 0 Å². The van der Waals surface area contributed by atoms with E-state index in [1.807, 2.05) is 19.2 Å². The average Bonchev–Trinajstić information content (AvgIpc) is 2.93. The molecule has 3 N–H and O–H groups in total. The molecule has 20 heavy (non-hydrogen) atoms. The van der Waals surface area contributed by atoms with Crippen LogP contribution >= 0.6 is 27.3 Å². The maximum Gasteiger partial charge on any atom is 0.228 e. The summed E-state index contributed by atoms with van der Waals surface area (Å²) in [5.74, 6) is 0.0287. The summed E-state index contributed by atoms with van der Waals surface area (Å²) in [6.45, 7) is 0.777. The zero-order chi connectivity index (χ0) is 14.3. The standard InChI is InChI=1S/C14H14BrN3OS/c1-18(6-8-2-13(15)20-7-8)12-5-11-9(3-10(12)16)4-14(19)17-11/h2-3,5,7H,4,6,16H2,1H3,(H,17,19). The van der Waals surface area contributed by atoms with Crippen LogP contribution in [0.3, 0.4) is 0 Å². The van der Waals surface area contributed by atoms with Crippen molar-refractivity contribution in [2.75, 3.05) is 23.0 Å². The maximum atomic E-state index is 11.4. The Bertz CT molecular complexity index is 683. The zero-order valence-corrected chi connectivity index (χ0v) is 13.3. The normalized spacial score (nSPS) is 13.2. The second-order valence-corrected chi connectivity index (χ2v) is 7.20. The van der Waals surface area contributed by atoms with Crippen LogP contribution in [0.15, 0.2) is 27.4 Å². The van der Waals surface area contributed by atoms with Crippen LogP contribution in [0.2, 0.25) is 0 Å². The molecule has 1 aliphatic rings. The molecular weight excluding hydrogens is 338 g/mol. The van der Waals surface area contributed by atoms with Crippen molar-refractivity contribution in [3.8, 4) is 0 Å². The van der Waals surface area contributed by atoms with Crippen molar-refractivity contribution in [1.29, 1.82) is 0 Å². The van der Waals surface area contributed by atoms with Crippen LogP contribution in [0.5, 0.6) is 0 Å². The van der Waals surface area contributed by atoms with E-state index in [0.29, 0.717) is 12.1 Å². The highest BCUT2D eigenvalue weighted by molar-refractivity contribution is 9.11. The van der Waals surface area contributed by atoms with E-state index in [1.165, 1.54) is 5.56 Å². The summed E-state index contributed by atoms with van der Waals surface area (Å²) in [6, 6.07) is 5.95. The summed E-state index contributed by atoms with van der Waals surface area (Å²) in [5.41, 5.74) is 10.8. The lowest BCUT2D eigenvalue weighted by molar-refractivity contribution is -0.115. The Kier molecular flexibility index (Phi) is 3.43. The third kappa shape index (κ3) is 2.53. The van der Waals surface area contributed by atoms with Crippen LogP contribution in [0.4, 0.5) is 17.1 Å². The molecule has 0 radical (unpaired) electrons. The highest BCUT2D eigenvalue weighted by atomic mass is 79.9. The van der Waals surface area contributed by atoms with Crippen LogP contribution in [0.1, 0.15) is 11.1 Å². The SMILES string of the molecule is CN(Cc1csc(Br)c1)c1cc2c(cc1N)CC(=O)N2. The van der Waals surface area contributed by atoms with Gasteiger partial charge in [0, 0.05) is 19.3 Å². The average molecular weight is 352 g/mol. The van der Waals surface area contributed by atoms with Crippen LogP contribution in [-0.4, -0.2) is 13.0 Å². The molecule has 0 aliphatic carbocycles. The number of thiophene rings is 1. The van der Waals surface area contributed by atoms with Crippen LogP contribution in [0, 0.1) is 0 Å². The number of benzene rings is 1. The molecule has 2 aromatic rings. The minimum atomic E-state index is 0.0287. The molecule has 4 nitrogen and oxygen atoms in total. The fourth-order valence-corrected chi connectivity index (χ4v) is 3.60. The molecule has 1 aliphatic heterocycles. The molecule has 3 rings (SSSR count). The predicted octanol–water partition coefficient (Wildman–Crippen LogP) is 3.22. The maximum absolute atomic E-state index is 11.4. The number of nitrogens with zero attached hydrogens (tertiary/aromatic N) is 1. The molecule has 1 aromatic heterocycles. The molecule has 2 heterocycles. The number of nitrogens with one attached hydrogen (secondary N) is 1. The molecule has 1 aromatic carbocycles. The minimum absolute atomic E-state index is 0.0287. The lowest BCUT2D eigenvalue weighted by atomic mass is 10.1. The monoisotopic (exact) mass is 351 g/mol. The summed E-state index contributed by atoms with van der Waals surface area (Å²) >= 11 is 5.14. The van der Waals surface area contributed by atoms with E-state index in [4.69, 9.17) is 5.73 Å². The first-order valence-electron chi connectivity index (χ1n) is 6.19. The second-order valence-electron chi connectivity index (χ2n) is 4.91. The number of amides is 1. The largest absolute Gasteiger partial charge is 0.397 e. The highest BCUT2D eigenvalue weighted by Crippen LogP contribution is 2.34. The number of nitrogens with two attached hydrogens (primary N) is 1. The number of halogens is 1. The van der Waals surface area contributed by atoms with Gasteiger partial charge >= 0.3 is 0 Å². The fourth-order valence-electron chi connectivity index (χ4n) is 2.40. The van der Waals surface area contributed by atoms with Gasteiger partial charge in [-0.15, -0.1) is 11.3 Å². The molecule has 0 bridgehead atoms. The van der Waals surface area contributed by atoms with Gasteiger partial charge in [-0.05, 0) is 50.6 Å². The summed E-state index contributed by atoms with van der Waals surface area (Å²) in [7, 11) is 2.00. The van der Waals surface area contributed by atoms with Gasteiger partial charge < -0.3 is 16.0 Å². The highest BCUT2D eigenvalue weighted by Gasteiger charge is 2.20. The lowest BCUT2D eigenvalue weighted by Gasteiger charge is -2.21. The predicted molar refractivity (Wildman–Crippen MR) is 87.3 cm³/mol. The topological polar surface area (TPSA) is 58.4 Å². The first kappa shape index (κ1) is 13.5. The van der Waals surface area contributed by atoms with Gasteiger partial charge in [-0.2, -0.15) is 0 Å². The first-order chi connectivity index (χ1) is 9.52. The first-order valence-corrected chi connectivity index (χ1v) is 7.86. The van der Waals surface area contributed by atoms with E-state index in [1.54, 1.807) is 11.3 Å². The van der Waals surface area contributed by atoms with E-state index in [0.717, 1.165) is 27.3 Å². The van der Waals surface area contributed by atoms with Crippen molar-refractivity contribution in [2.45, 2.75) is 13.0 Å². The van der Waals surface area contributed by atoms with Gasteiger partial charge in [-0.3, -0.25) is 4.79 Å². The smallest absolute Gasteiger partial charge is 0.228 e. The number of hydrogen-bond donors (Lipinski definition) is 2. The molecule has 0 unspecified atom stereocenters. The molecule has 6 heteroatoms. The Morgan fingerprint density at radius 1 is 1.45 bits per heavy atom. The minimum Gasteiger partial charge on any atom is -0.397 e. The van der Waals surface area contributed by atoms with Gasteiger partial charge in [0.1, 0.15) is 0 Å². The van der Waals surface area contributed by atoms with Gasteiger partial charge in [0.2, 0.25) is 5.91 Å². The Hall–Kier alpha value is -1.53. The summed E-state index contributed by atoms with van der Waals surface area (Å²) in [4.78, 5) is 13.5. The van der Waals surface area contributed by atoms with E-state index >= 15 is 0 Å². The summed E-state index contributed by atoms with van der Waals surface area (Å²) in [6.07, 6.45) is 0.418. The Balaban J connectivity index is 1.86. The van der Waals surface area contributed by atoms with Gasteiger partial charge in [0.25, 0.3) is 0 Å². The number of anilines is 3. The van der Waals surface area contributed by atoms with Crippen molar-refractivity contribution < 1.29 is 4.79 Å². The fraction of sp³-hybridized carbons (Fsp3) is 0.214. The van der Waals surface area contributed by atoms with Gasteiger partial charge in [0.05, 0.1) is 21.6 Å². The number of hydrogen-bond acceptors (Lipinski definition) is 4. The molecule has 1 amide bonds. The lowest BCUT2D eigenvalue weighted by Crippen LogP contribution is -2.17. The number of nitrogen functional groups attached to an aromatic ring is 1. The van der Waals surface area contributed by atoms with Gasteiger partial charge in [-0.25, -0.2) is 0 Å². The van der Waals surface area contributed by atoms with Crippen LogP contribution in [0.25, 0.3) is 0 Å². The van der Waals surface area contributed by atoms with E-state index < -0.39 is 0 Å². The Morgan fingerprint density at radius 2 is 2.25 bits per heavy atom. The molecule has 0 saturated heterocycles. The molecule has 0 fully saturated rings. The third-order valence-electron chi connectivity index (χ3n) is 3.33. The number of carbonyl (C=O) groups is 1. The van der Waals surface area contributed by atoms with Crippen molar-refractivity contribution in [3.63, 3.8) is 0 Å². The third-order valence-corrected chi connectivity index (χ3v) is 4.88. The number of rotatable bonds is 3. The van der Waals surface area contributed by atoms with E-state index in [2.05, 4.69) is 37.6 Å². The van der Waals surface area contributed by atoms with E-state index in [-0.39, 0.29) is 5.91 Å².